The average molecular weight is 257 g/mol. The van der Waals surface area contributed by atoms with Crippen molar-refractivity contribution in [3.05, 3.63) is 29.8 Å². The van der Waals surface area contributed by atoms with Crippen LogP contribution in [0.25, 0.3) is 0 Å². The predicted molar refractivity (Wildman–Crippen MR) is 64.4 cm³/mol. The number of hydrogen-bond donors (Lipinski definition) is 1. The maximum atomic E-state index is 11.4. The molecule has 0 radical (unpaired) electrons. The zero-order chi connectivity index (χ0) is 13.1. The quantitative estimate of drug-likeness (QED) is 0.812. The number of benzene rings is 1. The number of hydrogen-bond acceptors (Lipinski definition) is 4. The highest BCUT2D eigenvalue weighted by atomic mass is 32.2. The zero-order valence-electron chi connectivity index (χ0n) is 9.93. The van der Waals surface area contributed by atoms with Crippen molar-refractivity contribution >= 4 is 16.0 Å². The molecule has 1 amide bonds. The molecule has 0 unspecified atom stereocenters. The number of carbonyl (C=O) groups excluding carboxylic acids is 1. The van der Waals surface area contributed by atoms with Crippen LogP contribution < -0.4 is 9.50 Å². The van der Waals surface area contributed by atoms with E-state index in [4.69, 9.17) is 4.18 Å². The standard InChI is InChI=1S/C11H15NO4S/c1-8(11(13)12-2)9-4-6-10(7-5-9)16-17(3,14)15/h4-8H,1-3H3,(H,12,13)/t8-/m1/s1. The summed E-state index contributed by atoms with van der Waals surface area (Å²) in [6.45, 7) is 1.77. The summed E-state index contributed by atoms with van der Waals surface area (Å²) in [7, 11) is -1.94. The monoisotopic (exact) mass is 257 g/mol. The van der Waals surface area contributed by atoms with Crippen LogP contribution in [0.5, 0.6) is 5.75 Å². The molecule has 1 rings (SSSR count). The van der Waals surface area contributed by atoms with Gasteiger partial charge in [-0.2, -0.15) is 8.42 Å². The van der Waals surface area contributed by atoms with Crippen LogP contribution in [-0.4, -0.2) is 27.6 Å². The molecule has 1 N–H and O–H groups in total. The molecule has 1 aromatic carbocycles. The summed E-state index contributed by atoms with van der Waals surface area (Å²) in [4.78, 5) is 11.4. The van der Waals surface area contributed by atoms with E-state index in [-0.39, 0.29) is 17.6 Å². The van der Waals surface area contributed by atoms with Gasteiger partial charge in [-0.05, 0) is 24.6 Å². The number of likely N-dealkylation sites (N-methyl/N-ethyl adjacent to an activating group) is 1. The molecule has 0 aliphatic heterocycles. The molecule has 0 saturated heterocycles. The Labute approximate surface area is 101 Å². The first-order chi connectivity index (χ1) is 7.83. The molecule has 94 valence electrons. The van der Waals surface area contributed by atoms with Crippen molar-refractivity contribution in [2.24, 2.45) is 0 Å². The van der Waals surface area contributed by atoms with Crippen LogP contribution in [0.15, 0.2) is 24.3 Å². The van der Waals surface area contributed by atoms with Crippen LogP contribution >= 0.6 is 0 Å². The van der Waals surface area contributed by atoms with Crippen molar-refractivity contribution in [2.45, 2.75) is 12.8 Å². The molecule has 0 fully saturated rings. The summed E-state index contributed by atoms with van der Waals surface area (Å²) >= 11 is 0. The summed E-state index contributed by atoms with van der Waals surface area (Å²) in [6.07, 6.45) is 0.980. The van der Waals surface area contributed by atoms with Gasteiger partial charge in [-0.3, -0.25) is 4.79 Å². The highest BCUT2D eigenvalue weighted by Gasteiger charge is 2.13. The fourth-order valence-electron chi connectivity index (χ4n) is 1.35. The van der Waals surface area contributed by atoms with Crippen LogP contribution in [0.1, 0.15) is 18.4 Å². The van der Waals surface area contributed by atoms with Gasteiger partial charge in [0.1, 0.15) is 5.75 Å². The van der Waals surface area contributed by atoms with E-state index in [2.05, 4.69) is 5.32 Å². The SMILES string of the molecule is CNC(=O)[C@H](C)c1ccc(OS(C)(=O)=O)cc1. The van der Waals surface area contributed by atoms with Crippen molar-refractivity contribution in [2.75, 3.05) is 13.3 Å². The van der Waals surface area contributed by atoms with Crippen molar-refractivity contribution in [3.63, 3.8) is 0 Å². The number of amides is 1. The van der Waals surface area contributed by atoms with Gasteiger partial charge in [0, 0.05) is 7.05 Å². The summed E-state index contributed by atoms with van der Waals surface area (Å²) in [5.41, 5.74) is 0.796. The van der Waals surface area contributed by atoms with E-state index in [0.29, 0.717) is 0 Å². The minimum atomic E-state index is -3.51. The van der Waals surface area contributed by atoms with Crippen LogP contribution in [0, 0.1) is 0 Å². The number of nitrogens with one attached hydrogen (secondary N) is 1. The van der Waals surface area contributed by atoms with Crippen LogP contribution in [-0.2, 0) is 14.9 Å². The van der Waals surface area contributed by atoms with Gasteiger partial charge in [0.15, 0.2) is 0 Å². The Morgan fingerprint density at radius 1 is 1.29 bits per heavy atom. The number of rotatable bonds is 4. The van der Waals surface area contributed by atoms with Crippen molar-refractivity contribution in [1.29, 1.82) is 0 Å². The van der Waals surface area contributed by atoms with E-state index >= 15 is 0 Å². The van der Waals surface area contributed by atoms with E-state index in [1.807, 2.05) is 0 Å². The summed E-state index contributed by atoms with van der Waals surface area (Å²) < 4.78 is 26.5. The molecular formula is C11H15NO4S. The molecule has 0 spiro atoms. The fourth-order valence-corrected chi connectivity index (χ4v) is 1.82. The molecule has 17 heavy (non-hydrogen) atoms. The lowest BCUT2D eigenvalue weighted by Gasteiger charge is -2.10. The molecule has 1 aromatic rings. The Kier molecular flexibility index (Phi) is 4.11. The Balaban J connectivity index is 2.85. The molecule has 0 aliphatic carbocycles. The second-order valence-corrected chi connectivity index (χ2v) is 5.27. The zero-order valence-corrected chi connectivity index (χ0v) is 10.7. The first kappa shape index (κ1) is 13.5. The van der Waals surface area contributed by atoms with Gasteiger partial charge in [0.05, 0.1) is 12.2 Å². The molecule has 1 atom stereocenters. The Morgan fingerprint density at radius 3 is 2.24 bits per heavy atom. The normalized spacial score (nSPS) is 12.9. The van der Waals surface area contributed by atoms with Gasteiger partial charge in [-0.15, -0.1) is 0 Å². The highest BCUT2D eigenvalue weighted by molar-refractivity contribution is 7.86. The highest BCUT2D eigenvalue weighted by Crippen LogP contribution is 2.20. The van der Waals surface area contributed by atoms with Gasteiger partial charge >= 0.3 is 10.1 Å². The summed E-state index contributed by atoms with van der Waals surface area (Å²) in [5.74, 6) is -0.144. The fraction of sp³-hybridized carbons (Fsp3) is 0.364. The summed E-state index contributed by atoms with van der Waals surface area (Å²) in [6, 6.07) is 6.38. The molecule has 0 aromatic heterocycles. The number of carbonyl (C=O) groups is 1. The Bertz CT molecular complexity index is 493. The van der Waals surface area contributed by atoms with Crippen molar-refractivity contribution in [3.8, 4) is 5.75 Å². The Morgan fingerprint density at radius 2 is 1.82 bits per heavy atom. The maximum Gasteiger partial charge on any atom is 0.306 e. The van der Waals surface area contributed by atoms with Gasteiger partial charge in [-0.25, -0.2) is 0 Å². The van der Waals surface area contributed by atoms with E-state index in [1.54, 1.807) is 26.1 Å². The molecule has 0 bridgehead atoms. The first-order valence-corrected chi connectivity index (χ1v) is 6.86. The second kappa shape index (κ2) is 5.18. The minimum Gasteiger partial charge on any atom is -0.383 e. The van der Waals surface area contributed by atoms with Crippen molar-refractivity contribution in [1.82, 2.24) is 5.32 Å². The largest absolute Gasteiger partial charge is 0.383 e. The third-order valence-corrected chi connectivity index (χ3v) is 2.76. The molecular weight excluding hydrogens is 242 g/mol. The lowest BCUT2D eigenvalue weighted by Crippen LogP contribution is -2.23. The van der Waals surface area contributed by atoms with Gasteiger partial charge in [-0.1, -0.05) is 12.1 Å². The van der Waals surface area contributed by atoms with E-state index in [9.17, 15) is 13.2 Å². The van der Waals surface area contributed by atoms with Gasteiger partial charge in [0.2, 0.25) is 5.91 Å². The van der Waals surface area contributed by atoms with Crippen LogP contribution in [0.3, 0.4) is 0 Å². The lowest BCUT2D eigenvalue weighted by atomic mass is 10.0. The van der Waals surface area contributed by atoms with Gasteiger partial charge < -0.3 is 9.50 Å². The summed E-state index contributed by atoms with van der Waals surface area (Å²) in [5, 5.41) is 2.55. The van der Waals surface area contributed by atoms with E-state index < -0.39 is 10.1 Å². The molecule has 6 heteroatoms. The minimum absolute atomic E-state index is 0.0956. The Hall–Kier alpha value is -1.56. The predicted octanol–water partition coefficient (Wildman–Crippen LogP) is 0.874. The van der Waals surface area contributed by atoms with Crippen molar-refractivity contribution < 1.29 is 17.4 Å². The topological polar surface area (TPSA) is 72.5 Å². The first-order valence-electron chi connectivity index (χ1n) is 5.04. The average Bonchev–Trinajstić information content (AvgIpc) is 2.26. The van der Waals surface area contributed by atoms with Crippen LogP contribution in [0.4, 0.5) is 0 Å². The van der Waals surface area contributed by atoms with E-state index in [1.165, 1.54) is 12.1 Å². The molecule has 5 nitrogen and oxygen atoms in total. The molecule has 0 aliphatic rings. The third kappa shape index (κ3) is 4.07. The molecule has 0 heterocycles. The second-order valence-electron chi connectivity index (χ2n) is 3.69. The van der Waals surface area contributed by atoms with E-state index in [0.717, 1.165) is 11.8 Å². The third-order valence-electron chi connectivity index (χ3n) is 2.27. The maximum absolute atomic E-state index is 11.4. The lowest BCUT2D eigenvalue weighted by molar-refractivity contribution is -0.121. The van der Waals surface area contributed by atoms with Crippen LogP contribution in [0.2, 0.25) is 0 Å². The smallest absolute Gasteiger partial charge is 0.306 e. The molecule has 0 saturated carbocycles. The van der Waals surface area contributed by atoms with Gasteiger partial charge in [0.25, 0.3) is 0 Å².